The number of sulfonamides is 1. The zero-order valence-electron chi connectivity index (χ0n) is 12.8. The fourth-order valence-electron chi connectivity index (χ4n) is 2.03. The van der Waals surface area contributed by atoms with Gasteiger partial charge >= 0.3 is 0 Å². The Labute approximate surface area is 140 Å². The van der Waals surface area contributed by atoms with Crippen molar-refractivity contribution in [1.82, 2.24) is 4.31 Å². The molecule has 0 saturated heterocycles. The van der Waals surface area contributed by atoms with E-state index in [4.69, 9.17) is 11.6 Å². The Bertz CT molecular complexity index is 807. The van der Waals surface area contributed by atoms with E-state index in [1.807, 2.05) is 6.07 Å². The maximum absolute atomic E-state index is 12.6. The fraction of sp³-hybridized carbons (Fsp3) is 0.188. The van der Waals surface area contributed by atoms with Crippen LogP contribution in [0.25, 0.3) is 0 Å². The lowest BCUT2D eigenvalue weighted by Gasteiger charge is -2.18. The number of rotatable bonds is 5. The minimum absolute atomic E-state index is 0.0972. The SMILES string of the molecule is Cc1ccc(Cl)cc1S(=O)(=O)N(C)CC(=O)Nc1ccccc1. The summed E-state index contributed by atoms with van der Waals surface area (Å²) < 4.78 is 26.2. The Morgan fingerprint density at radius 2 is 1.83 bits per heavy atom. The molecule has 0 aliphatic carbocycles. The zero-order chi connectivity index (χ0) is 17.0. The molecule has 23 heavy (non-hydrogen) atoms. The minimum Gasteiger partial charge on any atom is -0.325 e. The molecular weight excluding hydrogens is 336 g/mol. The number of anilines is 1. The lowest BCUT2D eigenvalue weighted by atomic mass is 10.2. The van der Waals surface area contributed by atoms with Gasteiger partial charge in [-0.05, 0) is 36.8 Å². The molecular formula is C16H17ClN2O3S. The maximum Gasteiger partial charge on any atom is 0.243 e. The fourth-order valence-corrected chi connectivity index (χ4v) is 3.64. The molecule has 0 heterocycles. The monoisotopic (exact) mass is 352 g/mol. The number of nitrogens with zero attached hydrogens (tertiary/aromatic N) is 1. The van der Waals surface area contributed by atoms with Crippen molar-refractivity contribution < 1.29 is 13.2 Å². The van der Waals surface area contributed by atoms with Crippen LogP contribution in [0.4, 0.5) is 5.69 Å². The Hall–Kier alpha value is -1.89. The molecule has 1 amide bonds. The zero-order valence-corrected chi connectivity index (χ0v) is 14.4. The van der Waals surface area contributed by atoms with E-state index in [9.17, 15) is 13.2 Å². The average Bonchev–Trinajstić information content (AvgIpc) is 2.50. The summed E-state index contributed by atoms with van der Waals surface area (Å²) in [6, 6.07) is 13.5. The van der Waals surface area contributed by atoms with Crippen molar-refractivity contribution in [1.29, 1.82) is 0 Å². The van der Waals surface area contributed by atoms with Gasteiger partial charge in [0.1, 0.15) is 0 Å². The number of nitrogens with one attached hydrogen (secondary N) is 1. The number of hydrogen-bond acceptors (Lipinski definition) is 3. The van der Waals surface area contributed by atoms with E-state index >= 15 is 0 Å². The molecule has 5 nitrogen and oxygen atoms in total. The third-order valence-corrected chi connectivity index (χ3v) is 5.44. The number of aryl methyl sites for hydroxylation is 1. The second kappa shape index (κ2) is 7.12. The number of carbonyl (C=O) groups is 1. The quantitative estimate of drug-likeness (QED) is 0.899. The van der Waals surface area contributed by atoms with Gasteiger partial charge in [-0.2, -0.15) is 4.31 Å². The molecule has 2 aromatic rings. The number of para-hydroxylation sites is 1. The molecule has 122 valence electrons. The van der Waals surface area contributed by atoms with Gasteiger partial charge in [0.25, 0.3) is 0 Å². The van der Waals surface area contributed by atoms with Crippen molar-refractivity contribution in [2.45, 2.75) is 11.8 Å². The minimum atomic E-state index is -3.79. The smallest absolute Gasteiger partial charge is 0.243 e. The van der Waals surface area contributed by atoms with Crippen LogP contribution in [0, 0.1) is 6.92 Å². The van der Waals surface area contributed by atoms with Gasteiger partial charge in [0.2, 0.25) is 15.9 Å². The first-order valence-corrected chi connectivity index (χ1v) is 8.70. The number of hydrogen-bond donors (Lipinski definition) is 1. The van der Waals surface area contributed by atoms with Gasteiger partial charge in [-0.15, -0.1) is 0 Å². The van der Waals surface area contributed by atoms with Crippen molar-refractivity contribution in [3.8, 4) is 0 Å². The molecule has 0 saturated carbocycles. The van der Waals surface area contributed by atoms with Gasteiger partial charge in [-0.1, -0.05) is 35.9 Å². The van der Waals surface area contributed by atoms with Gasteiger partial charge in [0.15, 0.2) is 0 Å². The Balaban J connectivity index is 2.14. The van der Waals surface area contributed by atoms with Crippen molar-refractivity contribution in [2.24, 2.45) is 0 Å². The van der Waals surface area contributed by atoms with E-state index in [1.165, 1.54) is 13.1 Å². The van der Waals surface area contributed by atoms with Crippen molar-refractivity contribution in [3.63, 3.8) is 0 Å². The Morgan fingerprint density at radius 1 is 1.17 bits per heavy atom. The predicted octanol–water partition coefficient (Wildman–Crippen LogP) is 2.91. The number of likely N-dealkylation sites (N-methyl/N-ethyl adjacent to an activating group) is 1. The molecule has 0 fully saturated rings. The summed E-state index contributed by atoms with van der Waals surface area (Å²) in [7, 11) is -2.43. The first-order valence-electron chi connectivity index (χ1n) is 6.88. The predicted molar refractivity (Wildman–Crippen MR) is 91.1 cm³/mol. The topological polar surface area (TPSA) is 66.5 Å². The number of carbonyl (C=O) groups excluding carboxylic acids is 1. The third kappa shape index (κ3) is 4.31. The molecule has 0 aliphatic rings. The molecule has 1 N–H and O–H groups in total. The van der Waals surface area contributed by atoms with Crippen LogP contribution in [0.15, 0.2) is 53.4 Å². The van der Waals surface area contributed by atoms with Crippen LogP contribution in [-0.2, 0) is 14.8 Å². The van der Waals surface area contributed by atoms with Crippen LogP contribution in [0.1, 0.15) is 5.56 Å². The van der Waals surface area contributed by atoms with E-state index in [2.05, 4.69) is 5.32 Å². The summed E-state index contributed by atoms with van der Waals surface area (Å²) >= 11 is 5.88. The maximum atomic E-state index is 12.6. The summed E-state index contributed by atoms with van der Waals surface area (Å²) in [5, 5.41) is 2.98. The van der Waals surface area contributed by atoms with Crippen molar-refractivity contribution in [2.75, 3.05) is 18.9 Å². The van der Waals surface area contributed by atoms with Crippen molar-refractivity contribution in [3.05, 3.63) is 59.1 Å². The summed E-state index contributed by atoms with van der Waals surface area (Å²) in [6.45, 7) is 1.39. The highest BCUT2D eigenvalue weighted by Gasteiger charge is 2.25. The molecule has 0 atom stereocenters. The Morgan fingerprint density at radius 3 is 2.48 bits per heavy atom. The highest BCUT2D eigenvalue weighted by atomic mass is 35.5. The number of amides is 1. The molecule has 0 aromatic heterocycles. The Kier molecular flexibility index (Phi) is 5.41. The lowest BCUT2D eigenvalue weighted by molar-refractivity contribution is -0.116. The third-order valence-electron chi connectivity index (χ3n) is 3.26. The van der Waals surface area contributed by atoms with E-state index in [-0.39, 0.29) is 11.4 Å². The highest BCUT2D eigenvalue weighted by molar-refractivity contribution is 7.89. The summed E-state index contributed by atoms with van der Waals surface area (Å²) in [5.41, 5.74) is 1.19. The second-order valence-electron chi connectivity index (χ2n) is 5.09. The molecule has 0 radical (unpaired) electrons. The molecule has 2 aromatic carbocycles. The first kappa shape index (κ1) is 17.5. The molecule has 2 rings (SSSR count). The van der Waals surface area contributed by atoms with Crippen LogP contribution >= 0.6 is 11.6 Å². The highest BCUT2D eigenvalue weighted by Crippen LogP contribution is 2.22. The standard InChI is InChI=1S/C16H17ClN2O3S/c1-12-8-9-13(17)10-15(12)23(21,22)19(2)11-16(20)18-14-6-4-3-5-7-14/h3-10H,11H2,1-2H3,(H,18,20). The van der Waals surface area contributed by atoms with Crippen LogP contribution in [0.5, 0.6) is 0 Å². The average molecular weight is 353 g/mol. The molecule has 0 spiro atoms. The van der Waals surface area contributed by atoms with Crippen LogP contribution in [-0.4, -0.2) is 32.2 Å². The van der Waals surface area contributed by atoms with E-state index in [0.29, 0.717) is 16.3 Å². The van der Waals surface area contributed by atoms with Gasteiger partial charge in [-0.25, -0.2) is 8.42 Å². The normalized spacial score (nSPS) is 11.5. The van der Waals surface area contributed by atoms with Crippen LogP contribution < -0.4 is 5.32 Å². The van der Waals surface area contributed by atoms with Crippen molar-refractivity contribution >= 4 is 33.2 Å². The molecule has 0 aliphatic heterocycles. The van der Waals surface area contributed by atoms with Gasteiger partial charge in [-0.3, -0.25) is 4.79 Å². The second-order valence-corrected chi connectivity index (χ2v) is 7.53. The summed E-state index contributed by atoms with van der Waals surface area (Å²) in [4.78, 5) is 12.1. The van der Waals surface area contributed by atoms with Crippen LogP contribution in [0.2, 0.25) is 5.02 Å². The van der Waals surface area contributed by atoms with E-state index < -0.39 is 15.9 Å². The van der Waals surface area contributed by atoms with Crippen LogP contribution in [0.3, 0.4) is 0 Å². The van der Waals surface area contributed by atoms with Gasteiger partial charge in [0.05, 0.1) is 11.4 Å². The summed E-state index contributed by atoms with van der Waals surface area (Å²) in [6.07, 6.45) is 0. The largest absolute Gasteiger partial charge is 0.325 e. The number of benzene rings is 2. The molecule has 0 bridgehead atoms. The van der Waals surface area contributed by atoms with E-state index in [0.717, 1.165) is 4.31 Å². The van der Waals surface area contributed by atoms with Gasteiger partial charge in [0, 0.05) is 17.8 Å². The van der Waals surface area contributed by atoms with E-state index in [1.54, 1.807) is 43.3 Å². The number of halogens is 1. The molecule has 7 heteroatoms. The summed E-state index contributed by atoms with van der Waals surface area (Å²) in [5.74, 6) is -0.415. The van der Waals surface area contributed by atoms with Gasteiger partial charge < -0.3 is 5.32 Å². The first-order chi connectivity index (χ1) is 10.8. The molecule has 0 unspecified atom stereocenters. The lowest BCUT2D eigenvalue weighted by Crippen LogP contribution is -2.35.